The molecule has 0 bridgehead atoms. The van der Waals surface area contributed by atoms with E-state index < -0.39 is 0 Å². The fourth-order valence-corrected chi connectivity index (χ4v) is 2.40. The Balaban J connectivity index is 1.78. The van der Waals surface area contributed by atoms with Gasteiger partial charge in [-0.15, -0.1) is 10.2 Å². The molecule has 0 saturated carbocycles. The van der Waals surface area contributed by atoms with Gasteiger partial charge in [-0.3, -0.25) is 5.32 Å². The van der Waals surface area contributed by atoms with Crippen LogP contribution in [0, 0.1) is 0 Å². The molecule has 0 saturated heterocycles. The molecule has 0 radical (unpaired) electrons. The largest absolute Gasteiger partial charge is 0.508 e. The zero-order valence-electron chi connectivity index (χ0n) is 10.9. The lowest BCUT2D eigenvalue weighted by Gasteiger charge is -2.17. The normalized spacial score (nSPS) is 18.9. The second-order valence-electron chi connectivity index (χ2n) is 4.77. The van der Waals surface area contributed by atoms with Crippen LogP contribution < -0.4 is 10.1 Å². The van der Waals surface area contributed by atoms with E-state index in [1.807, 2.05) is 24.6 Å². The number of fused-ring (bicyclic) bond motifs is 1. The van der Waals surface area contributed by atoms with Crippen molar-refractivity contribution in [2.24, 2.45) is 7.05 Å². The van der Waals surface area contributed by atoms with E-state index in [0.717, 1.165) is 17.1 Å². The molecule has 100 valence electrons. The zero-order chi connectivity index (χ0) is 13.4. The maximum Gasteiger partial charge on any atom is 0.149 e. The summed E-state index contributed by atoms with van der Waals surface area (Å²) in [5.41, 5.74) is 1.06. The average molecular weight is 260 g/mol. The third-order valence-corrected chi connectivity index (χ3v) is 3.36. The predicted molar refractivity (Wildman–Crippen MR) is 68.9 cm³/mol. The van der Waals surface area contributed by atoms with E-state index in [1.165, 1.54) is 0 Å². The Morgan fingerprint density at radius 2 is 2.37 bits per heavy atom. The van der Waals surface area contributed by atoms with Crippen LogP contribution in [0.5, 0.6) is 11.5 Å². The number of hydrogen-bond donors (Lipinski definition) is 2. The molecule has 0 amide bonds. The summed E-state index contributed by atoms with van der Waals surface area (Å²) in [6, 6.07) is 5.38. The first-order valence-electron chi connectivity index (χ1n) is 6.21. The summed E-state index contributed by atoms with van der Waals surface area (Å²) in [5.74, 6) is 1.84. The minimum Gasteiger partial charge on any atom is -0.508 e. The number of aromatic hydroxyl groups is 1. The standard InChI is InChI=1S/C13H16N4O2/c1-8(13-16-14-7-17(13)2)15-11-6-19-12-5-9(18)3-4-10(11)12/h3-5,7-8,11,15,18H,6H2,1-2H3. The number of ether oxygens (including phenoxy) is 1. The first kappa shape index (κ1) is 12.0. The van der Waals surface area contributed by atoms with Crippen molar-refractivity contribution in [3.05, 3.63) is 35.9 Å². The number of rotatable bonds is 3. The van der Waals surface area contributed by atoms with E-state index >= 15 is 0 Å². The molecular weight excluding hydrogens is 244 g/mol. The molecule has 0 fully saturated rings. The summed E-state index contributed by atoms with van der Waals surface area (Å²) < 4.78 is 7.47. The van der Waals surface area contributed by atoms with Crippen molar-refractivity contribution in [2.75, 3.05) is 6.61 Å². The highest BCUT2D eigenvalue weighted by Gasteiger charge is 2.26. The first-order valence-corrected chi connectivity index (χ1v) is 6.21. The molecular formula is C13H16N4O2. The van der Waals surface area contributed by atoms with Gasteiger partial charge in [-0.1, -0.05) is 0 Å². The lowest BCUT2D eigenvalue weighted by molar-refractivity contribution is 0.297. The van der Waals surface area contributed by atoms with Gasteiger partial charge in [0.15, 0.2) is 0 Å². The van der Waals surface area contributed by atoms with Crippen LogP contribution in [0.2, 0.25) is 0 Å². The average Bonchev–Trinajstić information content (AvgIpc) is 2.96. The van der Waals surface area contributed by atoms with Gasteiger partial charge >= 0.3 is 0 Å². The van der Waals surface area contributed by atoms with Crippen LogP contribution in [0.4, 0.5) is 0 Å². The van der Waals surface area contributed by atoms with Crippen LogP contribution in [0.3, 0.4) is 0 Å². The smallest absolute Gasteiger partial charge is 0.149 e. The quantitative estimate of drug-likeness (QED) is 0.870. The molecule has 1 aromatic carbocycles. The second kappa shape index (κ2) is 4.55. The third kappa shape index (κ3) is 2.15. The fraction of sp³-hybridized carbons (Fsp3) is 0.385. The molecule has 2 aromatic rings. The van der Waals surface area contributed by atoms with Crippen molar-refractivity contribution in [3.63, 3.8) is 0 Å². The highest BCUT2D eigenvalue weighted by Crippen LogP contribution is 2.35. The van der Waals surface area contributed by atoms with Gasteiger partial charge in [0.2, 0.25) is 0 Å². The number of nitrogens with one attached hydrogen (secondary N) is 1. The number of benzene rings is 1. The van der Waals surface area contributed by atoms with Crippen LogP contribution in [0.25, 0.3) is 0 Å². The predicted octanol–water partition coefficient (Wildman–Crippen LogP) is 1.30. The molecule has 1 aliphatic heterocycles. The monoisotopic (exact) mass is 260 g/mol. The molecule has 2 atom stereocenters. The Hall–Kier alpha value is -2.08. The van der Waals surface area contributed by atoms with E-state index in [0.29, 0.717) is 6.61 Å². The van der Waals surface area contributed by atoms with Crippen LogP contribution in [0.1, 0.15) is 30.4 Å². The van der Waals surface area contributed by atoms with Crippen molar-refractivity contribution < 1.29 is 9.84 Å². The minimum atomic E-state index is 0.0702. The molecule has 6 heteroatoms. The van der Waals surface area contributed by atoms with Gasteiger partial charge in [0.25, 0.3) is 0 Å². The topological polar surface area (TPSA) is 72.2 Å². The van der Waals surface area contributed by atoms with Crippen molar-refractivity contribution in [3.8, 4) is 11.5 Å². The Kier molecular flexibility index (Phi) is 2.87. The molecule has 1 aromatic heterocycles. The van der Waals surface area contributed by atoms with E-state index in [1.54, 1.807) is 18.5 Å². The Morgan fingerprint density at radius 1 is 1.53 bits per heavy atom. The number of hydrogen-bond acceptors (Lipinski definition) is 5. The number of phenolic OH excluding ortho intramolecular Hbond substituents is 1. The highest BCUT2D eigenvalue weighted by molar-refractivity contribution is 5.44. The van der Waals surface area contributed by atoms with Gasteiger partial charge in [-0.2, -0.15) is 0 Å². The Bertz CT molecular complexity index is 596. The minimum absolute atomic E-state index is 0.0702. The summed E-state index contributed by atoms with van der Waals surface area (Å²) >= 11 is 0. The lowest BCUT2D eigenvalue weighted by atomic mass is 10.1. The van der Waals surface area contributed by atoms with Crippen LogP contribution in [0.15, 0.2) is 24.5 Å². The van der Waals surface area contributed by atoms with Gasteiger partial charge in [0, 0.05) is 18.7 Å². The lowest BCUT2D eigenvalue weighted by Crippen LogP contribution is -2.27. The number of phenols is 1. The van der Waals surface area contributed by atoms with E-state index in [4.69, 9.17) is 4.74 Å². The number of aromatic nitrogens is 3. The van der Waals surface area contributed by atoms with Gasteiger partial charge < -0.3 is 14.4 Å². The van der Waals surface area contributed by atoms with Crippen molar-refractivity contribution in [1.82, 2.24) is 20.1 Å². The molecule has 2 unspecified atom stereocenters. The summed E-state index contributed by atoms with van der Waals surface area (Å²) in [5, 5.41) is 20.9. The molecule has 1 aliphatic rings. The molecule has 2 N–H and O–H groups in total. The molecule has 0 aliphatic carbocycles. The maximum atomic E-state index is 9.43. The van der Waals surface area contributed by atoms with E-state index in [2.05, 4.69) is 15.5 Å². The number of nitrogens with zero attached hydrogens (tertiary/aromatic N) is 3. The van der Waals surface area contributed by atoms with Crippen molar-refractivity contribution in [2.45, 2.75) is 19.0 Å². The summed E-state index contributed by atoms with van der Waals surface area (Å²) in [6.45, 7) is 2.60. The highest BCUT2D eigenvalue weighted by atomic mass is 16.5. The van der Waals surface area contributed by atoms with Crippen molar-refractivity contribution >= 4 is 0 Å². The zero-order valence-corrected chi connectivity index (χ0v) is 10.9. The Morgan fingerprint density at radius 3 is 3.11 bits per heavy atom. The maximum absolute atomic E-state index is 9.43. The molecule has 19 heavy (non-hydrogen) atoms. The Labute approximate surface area is 111 Å². The molecule has 0 spiro atoms. The summed E-state index contributed by atoms with van der Waals surface area (Å²) in [6.07, 6.45) is 1.69. The first-order chi connectivity index (χ1) is 9.15. The third-order valence-electron chi connectivity index (χ3n) is 3.36. The van der Waals surface area contributed by atoms with Gasteiger partial charge in [-0.05, 0) is 19.1 Å². The van der Waals surface area contributed by atoms with Crippen molar-refractivity contribution in [1.29, 1.82) is 0 Å². The van der Waals surface area contributed by atoms with E-state index in [-0.39, 0.29) is 17.8 Å². The summed E-state index contributed by atoms with van der Waals surface area (Å²) in [4.78, 5) is 0. The van der Waals surface area contributed by atoms with Crippen LogP contribution in [-0.2, 0) is 7.05 Å². The van der Waals surface area contributed by atoms with E-state index in [9.17, 15) is 5.11 Å². The summed E-state index contributed by atoms with van der Waals surface area (Å²) in [7, 11) is 1.92. The molecule has 6 nitrogen and oxygen atoms in total. The van der Waals surface area contributed by atoms with Gasteiger partial charge in [0.1, 0.15) is 30.3 Å². The fourth-order valence-electron chi connectivity index (χ4n) is 2.40. The van der Waals surface area contributed by atoms with Gasteiger partial charge in [-0.25, -0.2) is 0 Å². The van der Waals surface area contributed by atoms with Crippen LogP contribution >= 0.6 is 0 Å². The second-order valence-corrected chi connectivity index (χ2v) is 4.77. The number of aryl methyl sites for hydroxylation is 1. The van der Waals surface area contributed by atoms with Crippen LogP contribution in [-0.4, -0.2) is 26.5 Å². The van der Waals surface area contributed by atoms with Gasteiger partial charge in [0.05, 0.1) is 12.1 Å². The SMILES string of the molecule is CC(NC1COc2cc(O)ccc21)c1nncn1C. The molecule has 2 heterocycles. The molecule has 3 rings (SSSR count).